The summed E-state index contributed by atoms with van der Waals surface area (Å²) in [6.45, 7) is 2.80. The first-order valence-electron chi connectivity index (χ1n) is 6.66. The molecular weight excluding hydrogens is 360 g/mol. The van der Waals surface area contributed by atoms with Crippen LogP contribution in [0.4, 0.5) is 0 Å². The maximum absolute atomic E-state index is 12.6. The Kier molecular flexibility index (Phi) is 5.61. The summed E-state index contributed by atoms with van der Waals surface area (Å²) in [5.41, 5.74) is 0. The molecule has 0 bridgehead atoms. The second-order valence-electron chi connectivity index (χ2n) is 4.77. The monoisotopic (exact) mass is 378 g/mol. The zero-order valence-corrected chi connectivity index (χ0v) is 14.2. The van der Waals surface area contributed by atoms with Gasteiger partial charge in [-0.05, 0) is 28.1 Å². The van der Waals surface area contributed by atoms with E-state index in [1.807, 2.05) is 4.90 Å². The first-order chi connectivity index (χ1) is 9.98. The van der Waals surface area contributed by atoms with Crippen LogP contribution in [0.1, 0.15) is 0 Å². The molecule has 1 N–H and O–H groups in total. The average molecular weight is 379 g/mol. The summed E-state index contributed by atoms with van der Waals surface area (Å²) in [5, 5.41) is 8.91. The van der Waals surface area contributed by atoms with E-state index in [0.717, 1.165) is 4.47 Å². The molecule has 1 aliphatic heterocycles. The van der Waals surface area contributed by atoms with Crippen molar-refractivity contribution in [2.75, 3.05) is 46.4 Å². The van der Waals surface area contributed by atoms with Crippen molar-refractivity contribution in [3.63, 3.8) is 0 Å². The van der Waals surface area contributed by atoms with Gasteiger partial charge < -0.3 is 9.84 Å². The van der Waals surface area contributed by atoms with Crippen molar-refractivity contribution in [3.8, 4) is 5.75 Å². The number of hydrogen-bond acceptors (Lipinski definition) is 5. The molecule has 0 amide bonds. The zero-order valence-electron chi connectivity index (χ0n) is 11.8. The number of sulfonamides is 1. The number of rotatable bonds is 5. The largest absolute Gasteiger partial charge is 0.496 e. The number of piperazine rings is 1. The molecule has 8 heteroatoms. The van der Waals surface area contributed by atoms with Gasteiger partial charge in [-0.15, -0.1) is 0 Å². The van der Waals surface area contributed by atoms with Gasteiger partial charge in [-0.3, -0.25) is 4.90 Å². The predicted molar refractivity (Wildman–Crippen MR) is 83.0 cm³/mol. The van der Waals surface area contributed by atoms with E-state index >= 15 is 0 Å². The van der Waals surface area contributed by atoms with Gasteiger partial charge in [0.25, 0.3) is 0 Å². The first-order valence-corrected chi connectivity index (χ1v) is 8.89. The molecule has 0 aromatic heterocycles. The quantitative estimate of drug-likeness (QED) is 0.818. The molecule has 0 radical (unpaired) electrons. The Hall–Kier alpha value is -0.670. The lowest BCUT2D eigenvalue weighted by Gasteiger charge is -2.33. The van der Waals surface area contributed by atoms with Gasteiger partial charge in [0, 0.05) is 38.8 Å². The predicted octanol–water partition coefficient (Wildman–Crippen LogP) is 0.756. The number of β-amino-alcohol motifs (C(OH)–C–C–N with tert-alkyl or cyclic N) is 1. The molecule has 0 spiro atoms. The van der Waals surface area contributed by atoms with Crippen LogP contribution in [0.3, 0.4) is 0 Å². The molecular formula is C13H19BrN2O4S. The van der Waals surface area contributed by atoms with Gasteiger partial charge in [0.1, 0.15) is 5.75 Å². The third-order valence-electron chi connectivity index (χ3n) is 3.51. The maximum atomic E-state index is 12.6. The lowest BCUT2D eigenvalue weighted by atomic mass is 10.3. The Morgan fingerprint density at radius 1 is 1.29 bits per heavy atom. The maximum Gasteiger partial charge on any atom is 0.243 e. The molecule has 1 fully saturated rings. The van der Waals surface area contributed by atoms with Crippen molar-refractivity contribution in [2.45, 2.75) is 4.90 Å². The fraction of sp³-hybridized carbons (Fsp3) is 0.538. The molecule has 1 aromatic carbocycles. The molecule has 21 heavy (non-hydrogen) atoms. The van der Waals surface area contributed by atoms with Crippen LogP contribution in [0.15, 0.2) is 27.6 Å². The van der Waals surface area contributed by atoms with E-state index in [2.05, 4.69) is 15.9 Å². The number of benzene rings is 1. The normalized spacial score (nSPS) is 17.9. The molecule has 0 aliphatic carbocycles. The van der Waals surface area contributed by atoms with Gasteiger partial charge in [-0.25, -0.2) is 8.42 Å². The molecule has 6 nitrogen and oxygen atoms in total. The van der Waals surface area contributed by atoms with Crippen LogP contribution < -0.4 is 4.74 Å². The van der Waals surface area contributed by atoms with Crippen LogP contribution in [0.2, 0.25) is 0 Å². The topological polar surface area (TPSA) is 70.1 Å². The molecule has 1 aliphatic rings. The van der Waals surface area contributed by atoms with Crippen molar-refractivity contribution >= 4 is 26.0 Å². The van der Waals surface area contributed by atoms with Crippen molar-refractivity contribution in [2.24, 2.45) is 0 Å². The van der Waals surface area contributed by atoms with Gasteiger partial charge in [0.15, 0.2) is 0 Å². The standard InChI is InChI=1S/C13H19BrN2O4S/c1-20-13-10-11(2-3-12(13)14)21(18,19)16-6-4-15(5-7-16)8-9-17/h2-3,10,17H,4-9H2,1H3. The van der Waals surface area contributed by atoms with E-state index < -0.39 is 10.0 Å². The van der Waals surface area contributed by atoms with Crippen LogP contribution in [-0.4, -0.2) is 69.2 Å². The van der Waals surface area contributed by atoms with Crippen molar-refractivity contribution in [3.05, 3.63) is 22.7 Å². The first kappa shape index (κ1) is 16.7. The Labute approximate surface area is 133 Å². The highest BCUT2D eigenvalue weighted by Gasteiger charge is 2.28. The third kappa shape index (κ3) is 3.75. The van der Waals surface area contributed by atoms with Crippen LogP contribution in [0.5, 0.6) is 5.75 Å². The van der Waals surface area contributed by atoms with Gasteiger partial charge in [-0.1, -0.05) is 0 Å². The van der Waals surface area contributed by atoms with Crippen LogP contribution >= 0.6 is 15.9 Å². The van der Waals surface area contributed by atoms with E-state index in [1.54, 1.807) is 12.1 Å². The number of methoxy groups -OCH3 is 1. The second kappa shape index (κ2) is 7.06. The number of hydrogen-bond donors (Lipinski definition) is 1. The highest BCUT2D eigenvalue weighted by atomic mass is 79.9. The second-order valence-corrected chi connectivity index (χ2v) is 7.56. The van der Waals surface area contributed by atoms with Gasteiger partial charge in [0.2, 0.25) is 10.0 Å². The van der Waals surface area contributed by atoms with Crippen LogP contribution in [-0.2, 0) is 10.0 Å². The van der Waals surface area contributed by atoms with Crippen molar-refractivity contribution < 1.29 is 18.3 Å². The number of aliphatic hydroxyl groups is 1. The molecule has 1 heterocycles. The smallest absolute Gasteiger partial charge is 0.243 e. The summed E-state index contributed by atoms with van der Waals surface area (Å²) in [7, 11) is -2.00. The summed E-state index contributed by atoms with van der Waals surface area (Å²) in [6.07, 6.45) is 0. The lowest BCUT2D eigenvalue weighted by Crippen LogP contribution is -2.49. The van der Waals surface area contributed by atoms with Crippen LogP contribution in [0.25, 0.3) is 0 Å². The Bertz CT molecular complexity index is 586. The fourth-order valence-corrected chi connectivity index (χ4v) is 4.13. The molecule has 0 atom stereocenters. The molecule has 0 saturated carbocycles. The SMILES string of the molecule is COc1cc(S(=O)(=O)N2CCN(CCO)CC2)ccc1Br. The summed E-state index contributed by atoms with van der Waals surface area (Å²) in [5.74, 6) is 0.495. The average Bonchev–Trinajstić information content (AvgIpc) is 2.48. The summed E-state index contributed by atoms with van der Waals surface area (Å²) in [6, 6.07) is 4.77. The Balaban J connectivity index is 2.15. The highest BCUT2D eigenvalue weighted by molar-refractivity contribution is 9.10. The van der Waals surface area contributed by atoms with Gasteiger partial charge >= 0.3 is 0 Å². The molecule has 1 saturated heterocycles. The minimum absolute atomic E-state index is 0.0939. The molecule has 0 unspecified atom stereocenters. The van der Waals surface area contributed by atoms with Gasteiger partial charge in [0.05, 0.1) is 23.1 Å². The van der Waals surface area contributed by atoms with E-state index in [-0.39, 0.29) is 11.5 Å². The molecule has 1 aromatic rings. The van der Waals surface area contributed by atoms with E-state index in [9.17, 15) is 8.42 Å². The Morgan fingerprint density at radius 2 is 1.95 bits per heavy atom. The van der Waals surface area contributed by atoms with E-state index in [4.69, 9.17) is 9.84 Å². The molecule has 2 rings (SSSR count). The fourth-order valence-electron chi connectivity index (χ4n) is 2.28. The number of halogens is 1. The number of ether oxygens (including phenoxy) is 1. The van der Waals surface area contributed by atoms with Crippen molar-refractivity contribution in [1.29, 1.82) is 0 Å². The highest BCUT2D eigenvalue weighted by Crippen LogP contribution is 2.29. The lowest BCUT2D eigenvalue weighted by molar-refractivity contribution is 0.151. The van der Waals surface area contributed by atoms with Gasteiger partial charge in [-0.2, -0.15) is 4.31 Å². The minimum Gasteiger partial charge on any atom is -0.496 e. The summed E-state index contributed by atoms with van der Waals surface area (Å²) in [4.78, 5) is 2.28. The van der Waals surface area contributed by atoms with Crippen LogP contribution in [0, 0.1) is 0 Å². The molecule has 118 valence electrons. The third-order valence-corrected chi connectivity index (χ3v) is 6.06. The summed E-state index contributed by atoms with van der Waals surface area (Å²) >= 11 is 3.31. The van der Waals surface area contributed by atoms with Crippen molar-refractivity contribution in [1.82, 2.24) is 9.21 Å². The number of nitrogens with zero attached hydrogens (tertiary/aromatic N) is 2. The Morgan fingerprint density at radius 3 is 2.52 bits per heavy atom. The van der Waals surface area contributed by atoms with E-state index in [0.29, 0.717) is 38.5 Å². The minimum atomic E-state index is -3.51. The van der Waals surface area contributed by atoms with E-state index in [1.165, 1.54) is 17.5 Å². The zero-order chi connectivity index (χ0) is 15.5. The number of aliphatic hydroxyl groups excluding tert-OH is 1. The summed E-state index contributed by atoms with van der Waals surface area (Å²) < 4.78 is 32.6.